The van der Waals surface area contributed by atoms with Crippen LogP contribution >= 0.6 is 35.6 Å². The molecular weight excluding hydrogens is 634 g/mol. The Balaban J connectivity index is 1.30. The van der Waals surface area contributed by atoms with Crippen LogP contribution in [-0.2, 0) is 14.3 Å². The summed E-state index contributed by atoms with van der Waals surface area (Å²) in [5.41, 5.74) is 4.33. The fraction of sp³-hybridized carbons (Fsp3) is 0.273. The average Bonchev–Trinajstić information content (AvgIpc) is 3.28. The lowest BCUT2D eigenvalue weighted by atomic mass is 9.98. The highest BCUT2D eigenvalue weighted by Crippen LogP contribution is 2.36. The van der Waals surface area contributed by atoms with E-state index < -0.39 is 5.97 Å². The molecule has 2 heterocycles. The van der Waals surface area contributed by atoms with E-state index >= 15 is 0 Å². The number of anilines is 1. The van der Waals surface area contributed by atoms with Crippen molar-refractivity contribution in [3.8, 4) is 16.9 Å². The van der Waals surface area contributed by atoms with Crippen LogP contribution in [-0.4, -0.2) is 83.0 Å². The number of nitrogens with one attached hydrogen (secondary N) is 1. The van der Waals surface area contributed by atoms with E-state index in [-0.39, 0.29) is 30.3 Å². The van der Waals surface area contributed by atoms with Crippen LogP contribution in [0.15, 0.2) is 65.6 Å². The Morgan fingerprint density at radius 3 is 2.56 bits per heavy atom. The lowest BCUT2D eigenvalue weighted by molar-refractivity contribution is -0.122. The zero-order valence-corrected chi connectivity index (χ0v) is 27.0. The summed E-state index contributed by atoms with van der Waals surface area (Å²) in [6.07, 6.45) is 1.81. The van der Waals surface area contributed by atoms with Crippen LogP contribution in [0.5, 0.6) is 5.75 Å². The van der Waals surface area contributed by atoms with Gasteiger partial charge in [-0.25, -0.2) is 4.79 Å². The summed E-state index contributed by atoms with van der Waals surface area (Å²) in [4.78, 5) is 41.3. The highest BCUT2D eigenvalue weighted by Gasteiger charge is 2.32. The van der Waals surface area contributed by atoms with Crippen molar-refractivity contribution in [3.05, 3.63) is 87.3 Å². The van der Waals surface area contributed by atoms with E-state index in [1.54, 1.807) is 6.08 Å². The number of carboxylic acids is 1. The van der Waals surface area contributed by atoms with Crippen molar-refractivity contribution < 1.29 is 29.0 Å². The first-order valence-corrected chi connectivity index (χ1v) is 16.0. The molecule has 0 unspecified atom stereocenters. The third-order valence-corrected chi connectivity index (χ3v) is 9.03. The van der Waals surface area contributed by atoms with Gasteiger partial charge in [-0.3, -0.25) is 19.4 Å². The van der Waals surface area contributed by atoms with Crippen molar-refractivity contribution in [1.29, 1.82) is 0 Å². The summed E-state index contributed by atoms with van der Waals surface area (Å²) < 4.78 is 12.0. The SMILES string of the molecule is Cc1cc(Cl)ccc1-c1ccc(OCCN2CCOCC2)c(C=C2SC(=S)N(CCC(=O)Nc3ccc(C(=O)O)cc3)C2=O)c1. The number of thioether (sulfide) groups is 1. The molecule has 12 heteroatoms. The lowest BCUT2D eigenvalue weighted by Gasteiger charge is -2.26. The second kappa shape index (κ2) is 15.0. The lowest BCUT2D eigenvalue weighted by Crippen LogP contribution is -2.38. The fourth-order valence-electron chi connectivity index (χ4n) is 4.99. The van der Waals surface area contributed by atoms with E-state index in [0.29, 0.717) is 45.5 Å². The van der Waals surface area contributed by atoms with Gasteiger partial charge in [0.15, 0.2) is 0 Å². The van der Waals surface area contributed by atoms with Crippen molar-refractivity contribution in [3.63, 3.8) is 0 Å². The Labute approximate surface area is 276 Å². The number of aromatic carboxylic acids is 1. The molecule has 234 valence electrons. The van der Waals surface area contributed by atoms with Crippen LogP contribution in [0.4, 0.5) is 5.69 Å². The first-order valence-electron chi connectivity index (χ1n) is 14.4. The molecule has 0 atom stereocenters. The van der Waals surface area contributed by atoms with Crippen molar-refractivity contribution in [1.82, 2.24) is 9.80 Å². The van der Waals surface area contributed by atoms with Gasteiger partial charge < -0.3 is 19.9 Å². The standard InChI is InChI=1S/C33H32ClN3O6S2/c1-21-18-25(34)5-8-27(21)23-4-9-28(43-17-14-36-12-15-42-16-13-36)24(19-23)20-29-31(39)37(33(44)45-29)11-10-30(38)35-26-6-2-22(3-7-26)32(40)41/h2-9,18-20H,10-17H2,1H3,(H,35,38)(H,40,41). The zero-order chi connectivity index (χ0) is 31.9. The monoisotopic (exact) mass is 665 g/mol. The molecule has 0 aliphatic carbocycles. The number of amides is 2. The Kier molecular flexibility index (Phi) is 10.9. The highest BCUT2D eigenvalue weighted by molar-refractivity contribution is 8.26. The molecule has 5 rings (SSSR count). The van der Waals surface area contributed by atoms with Crippen molar-refractivity contribution >= 4 is 69.4 Å². The molecule has 2 amide bonds. The normalized spacial score (nSPS) is 16.3. The Morgan fingerprint density at radius 1 is 1.09 bits per heavy atom. The van der Waals surface area contributed by atoms with Gasteiger partial charge in [-0.15, -0.1) is 0 Å². The van der Waals surface area contributed by atoms with Gasteiger partial charge in [0.05, 0.1) is 23.7 Å². The second-order valence-corrected chi connectivity index (χ2v) is 12.6. The van der Waals surface area contributed by atoms with Crippen molar-refractivity contribution in [2.45, 2.75) is 13.3 Å². The van der Waals surface area contributed by atoms with Crippen LogP contribution in [0.1, 0.15) is 27.9 Å². The Morgan fingerprint density at radius 2 is 1.84 bits per heavy atom. The van der Waals surface area contributed by atoms with Gasteiger partial charge in [-0.1, -0.05) is 47.7 Å². The summed E-state index contributed by atoms with van der Waals surface area (Å²) in [7, 11) is 0. The number of carbonyl (C=O) groups is 3. The van der Waals surface area contributed by atoms with Crippen LogP contribution in [0.25, 0.3) is 17.2 Å². The average molecular weight is 666 g/mol. The van der Waals surface area contributed by atoms with Crippen molar-refractivity contribution in [2.75, 3.05) is 51.3 Å². The number of aryl methyl sites for hydroxylation is 1. The van der Waals surface area contributed by atoms with Crippen molar-refractivity contribution in [2.24, 2.45) is 0 Å². The number of carbonyl (C=O) groups excluding carboxylic acids is 2. The molecule has 2 fully saturated rings. The summed E-state index contributed by atoms with van der Waals surface area (Å²) >= 11 is 12.9. The van der Waals surface area contributed by atoms with Gasteiger partial charge in [0.1, 0.15) is 16.7 Å². The third kappa shape index (κ3) is 8.50. The molecule has 0 radical (unpaired) electrons. The molecule has 0 spiro atoms. The second-order valence-electron chi connectivity index (χ2n) is 10.5. The molecule has 3 aromatic carbocycles. The predicted molar refractivity (Wildman–Crippen MR) is 181 cm³/mol. The molecule has 0 bridgehead atoms. The Hall–Kier alpha value is -3.74. The van der Waals surface area contributed by atoms with Crippen LogP contribution < -0.4 is 10.1 Å². The first kappa shape index (κ1) is 32.6. The van der Waals surface area contributed by atoms with E-state index in [1.165, 1.54) is 40.9 Å². The maximum absolute atomic E-state index is 13.5. The fourth-order valence-corrected chi connectivity index (χ4v) is 6.51. The number of thiocarbonyl (C=S) groups is 1. The number of carboxylic acid groups (broad SMARTS) is 1. The van der Waals surface area contributed by atoms with Gasteiger partial charge in [0.2, 0.25) is 5.91 Å². The molecule has 3 aromatic rings. The minimum Gasteiger partial charge on any atom is -0.492 e. The van der Waals surface area contributed by atoms with E-state index in [4.69, 9.17) is 38.4 Å². The number of hydrogen-bond donors (Lipinski definition) is 2. The molecule has 2 saturated heterocycles. The highest BCUT2D eigenvalue weighted by atomic mass is 35.5. The van der Waals surface area contributed by atoms with Gasteiger partial charge in [0.25, 0.3) is 5.91 Å². The predicted octanol–water partition coefficient (Wildman–Crippen LogP) is 5.95. The molecule has 0 aromatic heterocycles. The van der Waals surface area contributed by atoms with Gasteiger partial charge >= 0.3 is 5.97 Å². The molecule has 0 saturated carbocycles. The van der Waals surface area contributed by atoms with Gasteiger partial charge in [0, 0.05) is 48.9 Å². The number of rotatable bonds is 11. The maximum Gasteiger partial charge on any atom is 0.335 e. The molecule has 2 aliphatic heterocycles. The third-order valence-electron chi connectivity index (χ3n) is 7.42. The summed E-state index contributed by atoms with van der Waals surface area (Å²) in [6, 6.07) is 17.5. The minimum atomic E-state index is -1.05. The van der Waals surface area contributed by atoms with Crippen LogP contribution in [0.3, 0.4) is 0 Å². The maximum atomic E-state index is 13.5. The van der Waals surface area contributed by atoms with E-state index in [9.17, 15) is 14.4 Å². The zero-order valence-electron chi connectivity index (χ0n) is 24.6. The summed E-state index contributed by atoms with van der Waals surface area (Å²) in [6.45, 7) is 6.50. The smallest absolute Gasteiger partial charge is 0.335 e. The number of ether oxygens (including phenoxy) is 2. The number of nitrogens with zero attached hydrogens (tertiary/aromatic N) is 2. The number of hydrogen-bond acceptors (Lipinski definition) is 8. The first-order chi connectivity index (χ1) is 21.7. The van der Waals surface area contributed by atoms with Gasteiger partial charge in [-0.05, 0) is 78.2 Å². The molecule has 2 aliphatic rings. The molecular formula is C33H32ClN3O6S2. The number of benzene rings is 3. The number of halogens is 1. The van der Waals surface area contributed by atoms with Crippen LogP contribution in [0, 0.1) is 6.92 Å². The molecule has 2 N–H and O–H groups in total. The van der Waals surface area contributed by atoms with Gasteiger partial charge in [-0.2, -0.15) is 0 Å². The summed E-state index contributed by atoms with van der Waals surface area (Å²) in [5.74, 6) is -1.000. The Bertz CT molecular complexity index is 1640. The van der Waals surface area contributed by atoms with E-state index in [1.807, 2.05) is 43.3 Å². The molecule has 9 nitrogen and oxygen atoms in total. The topological polar surface area (TPSA) is 108 Å². The minimum absolute atomic E-state index is 0.0155. The molecule has 45 heavy (non-hydrogen) atoms. The van der Waals surface area contributed by atoms with Crippen LogP contribution in [0.2, 0.25) is 5.02 Å². The van der Waals surface area contributed by atoms with E-state index in [0.717, 1.165) is 41.9 Å². The van der Waals surface area contributed by atoms with E-state index in [2.05, 4.69) is 10.2 Å². The number of morpholine rings is 1. The quantitative estimate of drug-likeness (QED) is 0.190. The largest absolute Gasteiger partial charge is 0.492 e. The summed E-state index contributed by atoms with van der Waals surface area (Å²) in [5, 5.41) is 12.4.